The van der Waals surface area contributed by atoms with Crippen molar-refractivity contribution < 1.29 is 28.2 Å². The zero-order chi connectivity index (χ0) is 19.1. The van der Waals surface area contributed by atoms with Gasteiger partial charge in [-0.05, 0) is 55.3 Å². The Kier molecular flexibility index (Phi) is 5.14. The van der Waals surface area contributed by atoms with Gasteiger partial charge in [0.25, 0.3) is 0 Å². The van der Waals surface area contributed by atoms with Crippen LogP contribution in [0.4, 0.5) is 13.2 Å². The van der Waals surface area contributed by atoms with Crippen LogP contribution in [0.15, 0.2) is 12.1 Å². The summed E-state index contributed by atoms with van der Waals surface area (Å²) in [5, 5.41) is 21.5. The minimum Gasteiger partial charge on any atom is -0.506 e. The van der Waals surface area contributed by atoms with Gasteiger partial charge < -0.3 is 15.5 Å². The van der Waals surface area contributed by atoms with Crippen molar-refractivity contribution in [2.75, 3.05) is 6.54 Å². The Bertz CT molecular complexity index is 706. The SMILES string of the molecule is O=C(O)C(F)(F)F.Oc1ccc2c(c1Cl)[C@]13CCCC[C@@H]1[C@H](C2)NCC3. The van der Waals surface area contributed by atoms with E-state index < -0.39 is 12.1 Å². The quantitative estimate of drug-likeness (QED) is 0.624. The number of hydrogen-bond donors (Lipinski definition) is 3. The fourth-order valence-corrected chi connectivity index (χ4v) is 5.36. The summed E-state index contributed by atoms with van der Waals surface area (Å²) in [4.78, 5) is 8.90. The van der Waals surface area contributed by atoms with Crippen molar-refractivity contribution in [1.82, 2.24) is 5.32 Å². The Morgan fingerprint density at radius 3 is 2.62 bits per heavy atom. The number of benzene rings is 1. The van der Waals surface area contributed by atoms with E-state index in [9.17, 15) is 18.3 Å². The molecule has 3 aliphatic rings. The summed E-state index contributed by atoms with van der Waals surface area (Å²) in [6.07, 6.45) is 2.35. The molecule has 3 atom stereocenters. The van der Waals surface area contributed by atoms with Crippen LogP contribution < -0.4 is 5.32 Å². The summed E-state index contributed by atoms with van der Waals surface area (Å²) in [5.41, 5.74) is 2.88. The van der Waals surface area contributed by atoms with Gasteiger partial charge in [0.1, 0.15) is 5.75 Å². The second-order valence-electron chi connectivity index (χ2n) is 7.26. The minimum atomic E-state index is -5.08. The molecule has 4 nitrogen and oxygen atoms in total. The summed E-state index contributed by atoms with van der Waals surface area (Å²) in [5.74, 6) is -1.79. The molecule has 0 unspecified atom stereocenters. The van der Waals surface area contributed by atoms with Crippen LogP contribution in [0.25, 0.3) is 0 Å². The minimum absolute atomic E-state index is 0.234. The van der Waals surface area contributed by atoms with E-state index in [4.69, 9.17) is 21.5 Å². The lowest BCUT2D eigenvalue weighted by molar-refractivity contribution is -0.192. The molecule has 1 saturated carbocycles. The molecule has 1 saturated heterocycles. The monoisotopic (exact) mass is 391 g/mol. The van der Waals surface area contributed by atoms with Gasteiger partial charge in [-0.15, -0.1) is 0 Å². The Hall–Kier alpha value is -1.47. The number of fused-ring (bicyclic) bond motifs is 1. The van der Waals surface area contributed by atoms with E-state index in [-0.39, 0.29) is 11.2 Å². The topological polar surface area (TPSA) is 69.6 Å². The zero-order valence-electron chi connectivity index (χ0n) is 14.1. The van der Waals surface area contributed by atoms with Gasteiger partial charge in [0, 0.05) is 11.5 Å². The van der Waals surface area contributed by atoms with Crippen LogP contribution in [-0.4, -0.2) is 34.9 Å². The average Bonchev–Trinajstić information content (AvgIpc) is 2.57. The van der Waals surface area contributed by atoms with Crippen LogP contribution >= 0.6 is 11.6 Å². The highest BCUT2D eigenvalue weighted by Gasteiger charge is 2.52. The number of hydrogen-bond acceptors (Lipinski definition) is 3. The largest absolute Gasteiger partial charge is 0.506 e. The normalized spacial score (nSPS) is 29.7. The number of nitrogens with one attached hydrogen (secondary N) is 1. The van der Waals surface area contributed by atoms with Gasteiger partial charge in [0.2, 0.25) is 0 Å². The number of phenols is 1. The van der Waals surface area contributed by atoms with Crippen LogP contribution in [0.5, 0.6) is 5.75 Å². The highest BCUT2D eigenvalue weighted by molar-refractivity contribution is 6.33. The standard InChI is InChI=1S/C16H20ClNO.C2HF3O2/c17-15-13(19)5-4-10-9-12-11-3-1-2-6-16(11,14(10)15)7-8-18-12;3-2(4,5)1(6)7/h4-5,11-12,18-19H,1-3,6-9H2;(H,6,7)/t11-,12+,16+;/m1./s1. The lowest BCUT2D eigenvalue weighted by atomic mass is 9.53. The van der Waals surface area contributed by atoms with Crippen molar-refractivity contribution in [3.63, 3.8) is 0 Å². The molecule has 0 radical (unpaired) electrons. The van der Waals surface area contributed by atoms with E-state index in [1.165, 1.54) is 43.2 Å². The zero-order valence-corrected chi connectivity index (χ0v) is 14.8. The van der Waals surface area contributed by atoms with Crippen LogP contribution in [0.3, 0.4) is 0 Å². The highest BCUT2D eigenvalue weighted by atomic mass is 35.5. The molecule has 8 heteroatoms. The number of phenolic OH excluding ortho intramolecular Hbond substituents is 1. The maximum absolute atomic E-state index is 10.6. The van der Waals surface area contributed by atoms with Gasteiger partial charge in [0.05, 0.1) is 5.02 Å². The molecule has 0 aromatic heterocycles. The first-order chi connectivity index (χ1) is 12.2. The Labute approximate surface area is 154 Å². The highest BCUT2D eigenvalue weighted by Crippen LogP contribution is 2.56. The average molecular weight is 392 g/mol. The fraction of sp³-hybridized carbons (Fsp3) is 0.611. The van der Waals surface area contributed by atoms with Crippen LogP contribution in [-0.2, 0) is 16.6 Å². The predicted molar refractivity (Wildman–Crippen MR) is 90.6 cm³/mol. The summed E-state index contributed by atoms with van der Waals surface area (Å²) in [6.45, 7) is 1.09. The number of carboxylic acids is 1. The summed E-state index contributed by atoms with van der Waals surface area (Å²) in [6, 6.07) is 4.46. The third kappa shape index (κ3) is 3.27. The molecule has 2 bridgehead atoms. The maximum atomic E-state index is 10.6. The van der Waals surface area contributed by atoms with Crippen molar-refractivity contribution in [2.45, 2.75) is 56.2 Å². The van der Waals surface area contributed by atoms with E-state index in [2.05, 4.69) is 11.4 Å². The lowest BCUT2D eigenvalue weighted by Gasteiger charge is -2.56. The van der Waals surface area contributed by atoms with Crippen LogP contribution in [0, 0.1) is 5.92 Å². The maximum Gasteiger partial charge on any atom is 0.490 e. The van der Waals surface area contributed by atoms with E-state index in [0.29, 0.717) is 17.0 Å². The molecule has 2 fully saturated rings. The molecular weight excluding hydrogens is 371 g/mol. The number of aliphatic carboxylic acids is 1. The second kappa shape index (κ2) is 6.93. The Balaban J connectivity index is 0.000000242. The number of aromatic hydroxyl groups is 1. The summed E-state index contributed by atoms with van der Waals surface area (Å²) < 4.78 is 31.7. The number of alkyl halides is 3. The van der Waals surface area contributed by atoms with Crippen molar-refractivity contribution in [1.29, 1.82) is 0 Å². The molecule has 1 aliphatic heterocycles. The third-order valence-corrected chi connectivity index (χ3v) is 6.33. The van der Waals surface area contributed by atoms with Crippen molar-refractivity contribution in [3.05, 3.63) is 28.3 Å². The van der Waals surface area contributed by atoms with Gasteiger partial charge in [-0.3, -0.25) is 0 Å². The third-order valence-electron chi connectivity index (χ3n) is 5.95. The molecule has 3 N–H and O–H groups in total. The molecule has 4 rings (SSSR count). The lowest BCUT2D eigenvalue weighted by Crippen LogP contribution is -2.59. The second-order valence-corrected chi connectivity index (χ2v) is 7.64. The van der Waals surface area contributed by atoms with E-state index >= 15 is 0 Å². The van der Waals surface area contributed by atoms with E-state index in [1.54, 1.807) is 6.07 Å². The van der Waals surface area contributed by atoms with Gasteiger partial charge in [-0.2, -0.15) is 13.2 Å². The summed E-state index contributed by atoms with van der Waals surface area (Å²) in [7, 11) is 0. The van der Waals surface area contributed by atoms with Gasteiger partial charge in [-0.25, -0.2) is 4.79 Å². The fourth-order valence-electron chi connectivity index (χ4n) is 4.99. The van der Waals surface area contributed by atoms with Gasteiger partial charge in [0.15, 0.2) is 0 Å². The van der Waals surface area contributed by atoms with E-state index in [0.717, 1.165) is 13.0 Å². The molecule has 144 valence electrons. The predicted octanol–water partition coefficient (Wildman–Crippen LogP) is 4.02. The molecule has 1 aromatic carbocycles. The first kappa shape index (κ1) is 19.3. The molecule has 1 aromatic rings. The van der Waals surface area contributed by atoms with Crippen LogP contribution in [0.2, 0.25) is 5.02 Å². The molecular formula is C18H21ClF3NO3. The molecule has 0 spiro atoms. The number of piperidine rings is 1. The number of carbonyl (C=O) groups is 1. The molecule has 0 amide bonds. The number of carboxylic acid groups (broad SMARTS) is 1. The Morgan fingerprint density at radius 2 is 1.96 bits per heavy atom. The molecule has 26 heavy (non-hydrogen) atoms. The molecule has 2 aliphatic carbocycles. The Morgan fingerprint density at radius 1 is 1.27 bits per heavy atom. The van der Waals surface area contributed by atoms with Crippen molar-refractivity contribution >= 4 is 17.6 Å². The number of halogens is 4. The number of rotatable bonds is 0. The van der Waals surface area contributed by atoms with E-state index in [1.807, 2.05) is 0 Å². The smallest absolute Gasteiger partial charge is 0.490 e. The van der Waals surface area contributed by atoms with Gasteiger partial charge >= 0.3 is 12.1 Å². The van der Waals surface area contributed by atoms with Crippen molar-refractivity contribution in [2.24, 2.45) is 5.92 Å². The van der Waals surface area contributed by atoms with Crippen LogP contribution in [0.1, 0.15) is 43.2 Å². The molecule has 1 heterocycles. The summed E-state index contributed by atoms with van der Waals surface area (Å²) >= 11 is 6.50. The van der Waals surface area contributed by atoms with Crippen molar-refractivity contribution in [3.8, 4) is 5.75 Å². The van der Waals surface area contributed by atoms with Gasteiger partial charge in [-0.1, -0.05) is 30.5 Å². The first-order valence-corrected chi connectivity index (χ1v) is 9.09. The first-order valence-electron chi connectivity index (χ1n) is 8.71.